The molecule has 0 aliphatic carbocycles. The van der Waals surface area contributed by atoms with Gasteiger partial charge < -0.3 is 0 Å². The predicted molar refractivity (Wildman–Crippen MR) is 75.9 cm³/mol. The van der Waals surface area contributed by atoms with Crippen molar-refractivity contribution in [3.63, 3.8) is 0 Å². The van der Waals surface area contributed by atoms with Crippen molar-refractivity contribution in [2.45, 2.75) is 12.8 Å². The minimum Gasteiger partial charge on any atom is -0.0899 e. The molecule has 2 aromatic carbocycles. The van der Waals surface area contributed by atoms with Gasteiger partial charge in [0.25, 0.3) is 0 Å². The Morgan fingerprint density at radius 3 is 2.29 bits per heavy atom. The Balaban J connectivity index is 2.21. The van der Waals surface area contributed by atoms with Gasteiger partial charge in [0.2, 0.25) is 0 Å². The van der Waals surface area contributed by atoms with Gasteiger partial charge in [-0.2, -0.15) is 0 Å². The van der Waals surface area contributed by atoms with E-state index < -0.39 is 0 Å². The van der Waals surface area contributed by atoms with Gasteiger partial charge in [-0.3, -0.25) is 0 Å². The molecule has 0 saturated carbocycles. The molecular weight excluding hydrogens is 272 g/mol. The van der Waals surface area contributed by atoms with E-state index in [-0.39, 0.29) is 5.92 Å². The molecule has 84 valence electrons. The van der Waals surface area contributed by atoms with E-state index in [1.807, 2.05) is 42.5 Å². The van der Waals surface area contributed by atoms with Crippen molar-refractivity contribution >= 4 is 15.9 Å². The summed E-state index contributed by atoms with van der Waals surface area (Å²) in [6.07, 6.45) is 0. The molecule has 0 bridgehead atoms. The van der Waals surface area contributed by atoms with E-state index in [2.05, 4.69) is 46.8 Å². The topological polar surface area (TPSA) is 0 Å². The highest BCUT2D eigenvalue weighted by molar-refractivity contribution is 9.10. The lowest BCUT2D eigenvalue weighted by molar-refractivity contribution is 0.996. The molecule has 1 heteroatoms. The van der Waals surface area contributed by atoms with E-state index in [0.717, 1.165) is 10.0 Å². The molecule has 0 N–H and O–H groups in total. The zero-order chi connectivity index (χ0) is 12.1. The van der Waals surface area contributed by atoms with Crippen LogP contribution in [-0.4, -0.2) is 0 Å². The molecule has 0 heterocycles. The normalized spacial score (nSPS) is 11.4. The van der Waals surface area contributed by atoms with Crippen LogP contribution in [0, 0.1) is 11.8 Å². The van der Waals surface area contributed by atoms with Crippen LogP contribution in [0.1, 0.15) is 24.0 Å². The number of benzene rings is 2. The summed E-state index contributed by atoms with van der Waals surface area (Å²) in [6.45, 7) is 2.12. The molecule has 0 aromatic heterocycles. The van der Waals surface area contributed by atoms with Crippen LogP contribution in [0.2, 0.25) is 0 Å². The Hall–Kier alpha value is -1.52. The molecule has 0 aliphatic heterocycles. The van der Waals surface area contributed by atoms with Gasteiger partial charge in [-0.1, -0.05) is 64.2 Å². The van der Waals surface area contributed by atoms with E-state index in [9.17, 15) is 0 Å². The summed E-state index contributed by atoms with van der Waals surface area (Å²) >= 11 is 3.56. The van der Waals surface area contributed by atoms with Crippen molar-refractivity contribution in [2.75, 3.05) is 0 Å². The van der Waals surface area contributed by atoms with Crippen molar-refractivity contribution < 1.29 is 0 Å². The standard InChI is InChI=1S/C16H13Br/c1-13(15-9-5-6-10-16(15)17)11-12-14-7-3-2-4-8-14/h2-10,13H,1H3. The molecule has 0 spiro atoms. The first kappa shape index (κ1) is 12.0. The Morgan fingerprint density at radius 2 is 1.59 bits per heavy atom. The Labute approximate surface area is 111 Å². The minimum atomic E-state index is 0.228. The molecule has 0 nitrogen and oxygen atoms in total. The van der Waals surface area contributed by atoms with E-state index >= 15 is 0 Å². The van der Waals surface area contributed by atoms with Crippen molar-refractivity contribution in [2.24, 2.45) is 0 Å². The van der Waals surface area contributed by atoms with Crippen LogP contribution < -0.4 is 0 Å². The minimum absolute atomic E-state index is 0.228. The monoisotopic (exact) mass is 284 g/mol. The van der Waals surface area contributed by atoms with Gasteiger partial charge in [-0.05, 0) is 30.7 Å². The second-order valence-corrected chi connectivity index (χ2v) is 4.73. The molecule has 0 aliphatic rings. The van der Waals surface area contributed by atoms with Gasteiger partial charge in [0.15, 0.2) is 0 Å². The molecular formula is C16H13Br. The lowest BCUT2D eigenvalue weighted by Gasteiger charge is -2.06. The van der Waals surface area contributed by atoms with Crippen molar-refractivity contribution in [3.8, 4) is 11.8 Å². The molecule has 2 rings (SSSR count). The summed E-state index contributed by atoms with van der Waals surface area (Å²) in [4.78, 5) is 0. The number of hydrogen-bond donors (Lipinski definition) is 0. The molecule has 0 amide bonds. The van der Waals surface area contributed by atoms with Crippen LogP contribution in [0.3, 0.4) is 0 Å². The molecule has 1 unspecified atom stereocenters. The second-order valence-electron chi connectivity index (χ2n) is 3.88. The summed E-state index contributed by atoms with van der Waals surface area (Å²) in [5.41, 5.74) is 2.29. The molecule has 0 radical (unpaired) electrons. The summed E-state index contributed by atoms with van der Waals surface area (Å²) in [6, 6.07) is 18.3. The first-order chi connectivity index (χ1) is 8.27. The largest absolute Gasteiger partial charge is 0.0899 e. The third-order valence-corrected chi connectivity index (χ3v) is 3.30. The molecule has 2 aromatic rings. The number of halogens is 1. The predicted octanol–water partition coefficient (Wildman–Crippen LogP) is 4.60. The number of hydrogen-bond acceptors (Lipinski definition) is 0. The van der Waals surface area contributed by atoms with E-state index in [1.165, 1.54) is 5.56 Å². The van der Waals surface area contributed by atoms with Crippen molar-refractivity contribution in [1.82, 2.24) is 0 Å². The molecule has 17 heavy (non-hydrogen) atoms. The Morgan fingerprint density at radius 1 is 0.941 bits per heavy atom. The van der Waals surface area contributed by atoms with Gasteiger partial charge in [-0.25, -0.2) is 0 Å². The average molecular weight is 285 g/mol. The molecule has 0 saturated heterocycles. The van der Waals surface area contributed by atoms with E-state index in [0.29, 0.717) is 0 Å². The zero-order valence-electron chi connectivity index (χ0n) is 9.65. The third kappa shape index (κ3) is 3.22. The average Bonchev–Trinajstić information content (AvgIpc) is 2.38. The maximum Gasteiger partial charge on any atom is 0.0439 e. The van der Waals surface area contributed by atoms with Crippen LogP contribution in [-0.2, 0) is 0 Å². The van der Waals surface area contributed by atoms with E-state index in [4.69, 9.17) is 0 Å². The highest BCUT2D eigenvalue weighted by Crippen LogP contribution is 2.23. The van der Waals surface area contributed by atoms with Gasteiger partial charge in [0.05, 0.1) is 0 Å². The van der Waals surface area contributed by atoms with Crippen LogP contribution in [0.5, 0.6) is 0 Å². The Bertz CT molecular complexity index is 546. The number of rotatable bonds is 1. The van der Waals surface area contributed by atoms with Gasteiger partial charge in [0.1, 0.15) is 0 Å². The first-order valence-electron chi connectivity index (χ1n) is 5.58. The SMILES string of the molecule is CC(C#Cc1ccccc1)c1ccccc1Br. The molecule has 0 fully saturated rings. The van der Waals surface area contributed by atoms with E-state index in [1.54, 1.807) is 0 Å². The fourth-order valence-corrected chi connectivity index (χ4v) is 2.25. The van der Waals surface area contributed by atoms with Crippen LogP contribution >= 0.6 is 15.9 Å². The fourth-order valence-electron chi connectivity index (χ4n) is 1.62. The second kappa shape index (κ2) is 5.70. The molecule has 1 atom stereocenters. The van der Waals surface area contributed by atoms with Gasteiger partial charge in [0, 0.05) is 16.0 Å². The lowest BCUT2D eigenvalue weighted by atomic mass is 10.0. The van der Waals surface area contributed by atoms with Crippen LogP contribution in [0.4, 0.5) is 0 Å². The summed E-state index contributed by atoms with van der Waals surface area (Å²) in [7, 11) is 0. The summed E-state index contributed by atoms with van der Waals surface area (Å²) < 4.78 is 1.12. The highest BCUT2D eigenvalue weighted by Gasteiger charge is 2.04. The fraction of sp³-hybridized carbons (Fsp3) is 0.125. The van der Waals surface area contributed by atoms with Crippen molar-refractivity contribution in [3.05, 3.63) is 70.2 Å². The maximum atomic E-state index is 3.56. The quantitative estimate of drug-likeness (QED) is 0.671. The zero-order valence-corrected chi connectivity index (χ0v) is 11.2. The summed E-state index contributed by atoms with van der Waals surface area (Å²) in [5, 5.41) is 0. The van der Waals surface area contributed by atoms with Gasteiger partial charge in [-0.15, -0.1) is 0 Å². The van der Waals surface area contributed by atoms with Crippen LogP contribution in [0.15, 0.2) is 59.1 Å². The Kier molecular flexibility index (Phi) is 4.01. The van der Waals surface area contributed by atoms with Crippen molar-refractivity contribution in [1.29, 1.82) is 0 Å². The first-order valence-corrected chi connectivity index (χ1v) is 6.37. The summed E-state index contributed by atoms with van der Waals surface area (Å²) in [5.74, 6) is 6.70. The lowest BCUT2D eigenvalue weighted by Crippen LogP contribution is -1.90. The third-order valence-electron chi connectivity index (χ3n) is 2.58. The maximum absolute atomic E-state index is 3.56. The van der Waals surface area contributed by atoms with Gasteiger partial charge >= 0.3 is 0 Å². The van der Waals surface area contributed by atoms with Crippen LogP contribution in [0.25, 0.3) is 0 Å². The highest BCUT2D eigenvalue weighted by atomic mass is 79.9. The smallest absolute Gasteiger partial charge is 0.0439 e.